The van der Waals surface area contributed by atoms with E-state index < -0.39 is 18.1 Å². The van der Waals surface area contributed by atoms with Gasteiger partial charge in [0.15, 0.2) is 11.6 Å². The first-order chi connectivity index (χ1) is 16.0. The number of nitrogens with zero attached hydrogens (tertiary/aromatic N) is 5. The Morgan fingerprint density at radius 1 is 1.24 bits per heavy atom. The van der Waals surface area contributed by atoms with Gasteiger partial charge < -0.3 is 14.8 Å². The van der Waals surface area contributed by atoms with E-state index in [1.165, 1.54) is 18.6 Å². The Hall–Kier alpha value is -3.37. The Morgan fingerprint density at radius 3 is 2.82 bits per heavy atom. The van der Waals surface area contributed by atoms with Crippen molar-refractivity contribution in [2.45, 2.75) is 25.6 Å². The fraction of sp³-hybridized carbons (Fsp3) is 0.318. The maximum Gasteiger partial charge on any atom is 0.271 e. The number of halogens is 2. The summed E-state index contributed by atoms with van der Waals surface area (Å²) >= 11 is 6.18. The zero-order valence-corrected chi connectivity index (χ0v) is 18.6. The molecular weight excluding hydrogens is 451 g/mol. The Labute approximate surface area is 195 Å². The van der Waals surface area contributed by atoms with Crippen molar-refractivity contribution in [3.63, 3.8) is 0 Å². The fourth-order valence-electron chi connectivity index (χ4n) is 3.34. The molecule has 11 heteroatoms. The molecule has 33 heavy (non-hydrogen) atoms. The maximum absolute atomic E-state index is 13.6. The third kappa shape index (κ3) is 5.52. The molecule has 3 aromatic rings. The Balaban J connectivity index is 1.47. The van der Waals surface area contributed by atoms with E-state index >= 15 is 0 Å². The summed E-state index contributed by atoms with van der Waals surface area (Å²) in [5.41, 5.74) is 0.782. The van der Waals surface area contributed by atoms with Crippen LogP contribution in [0.25, 0.3) is 11.4 Å². The van der Waals surface area contributed by atoms with Gasteiger partial charge in [-0.3, -0.25) is 9.78 Å². The van der Waals surface area contributed by atoms with E-state index in [0.29, 0.717) is 41.9 Å². The third-order valence-corrected chi connectivity index (χ3v) is 5.34. The average molecular weight is 473 g/mol. The number of nitrogens with one attached hydrogen (secondary N) is 1. The molecule has 172 valence electrons. The van der Waals surface area contributed by atoms with E-state index in [9.17, 15) is 9.18 Å². The first-order valence-electron chi connectivity index (χ1n) is 10.4. The summed E-state index contributed by atoms with van der Waals surface area (Å²) in [5, 5.41) is 2.92. The van der Waals surface area contributed by atoms with Crippen molar-refractivity contribution >= 4 is 17.7 Å². The second-order valence-electron chi connectivity index (χ2n) is 7.31. The Kier molecular flexibility index (Phi) is 7.26. The number of aromatic nitrogens is 4. The van der Waals surface area contributed by atoms with Crippen LogP contribution in [0.3, 0.4) is 0 Å². The summed E-state index contributed by atoms with van der Waals surface area (Å²) in [6, 6.07) is 4.77. The highest BCUT2D eigenvalue weighted by atomic mass is 35.5. The molecule has 0 bridgehead atoms. The lowest BCUT2D eigenvalue weighted by molar-refractivity contribution is 0.0779. The second-order valence-corrected chi connectivity index (χ2v) is 7.67. The van der Waals surface area contributed by atoms with Crippen molar-refractivity contribution < 1.29 is 18.7 Å². The van der Waals surface area contributed by atoms with Gasteiger partial charge in [-0.15, -0.1) is 0 Å². The molecule has 1 saturated heterocycles. The largest absolute Gasteiger partial charge is 0.488 e. The number of pyridine rings is 2. The topological polar surface area (TPSA) is 102 Å². The first-order valence-corrected chi connectivity index (χ1v) is 10.8. The molecule has 1 aliphatic heterocycles. The summed E-state index contributed by atoms with van der Waals surface area (Å²) in [6.45, 7) is 3.04. The van der Waals surface area contributed by atoms with Crippen molar-refractivity contribution in [1.29, 1.82) is 0 Å². The van der Waals surface area contributed by atoms with Gasteiger partial charge in [-0.2, -0.15) is 0 Å². The Morgan fingerprint density at radius 2 is 2.06 bits per heavy atom. The number of alkyl halides is 1. The third-order valence-electron chi connectivity index (χ3n) is 4.91. The van der Waals surface area contributed by atoms with Gasteiger partial charge in [0.2, 0.25) is 0 Å². The molecule has 1 fully saturated rings. The predicted octanol–water partition coefficient (Wildman–Crippen LogP) is 3.42. The van der Waals surface area contributed by atoms with E-state index in [4.69, 9.17) is 21.3 Å². The lowest BCUT2D eigenvalue weighted by Crippen LogP contribution is -2.48. The minimum Gasteiger partial charge on any atom is -0.488 e. The van der Waals surface area contributed by atoms with Gasteiger partial charge >= 0.3 is 0 Å². The van der Waals surface area contributed by atoms with Crippen molar-refractivity contribution in [3.05, 3.63) is 54.7 Å². The molecule has 0 saturated carbocycles. The first kappa shape index (κ1) is 22.8. The standard InChI is InChI=1S/C22H22ClFN6O3/c1-2-32-19-4-3-5-27-21(19)33-18-6-14(8-25-13-18)20-28-9-15(10-29-20)22(31)30(23)17-7-16(24)11-26-12-17/h3-6,8-10,13,16-17,26H,2,7,11-12H2,1H3/t16-,17-/m0/s1. The number of ether oxygens (including phenoxy) is 2. The second kappa shape index (κ2) is 10.5. The lowest BCUT2D eigenvalue weighted by Gasteiger charge is -2.30. The highest BCUT2D eigenvalue weighted by molar-refractivity contribution is 6.24. The zero-order valence-electron chi connectivity index (χ0n) is 17.8. The van der Waals surface area contributed by atoms with Crippen molar-refractivity contribution in [2.75, 3.05) is 19.7 Å². The quantitative estimate of drug-likeness (QED) is 0.522. The molecule has 0 spiro atoms. The number of hydrogen-bond donors (Lipinski definition) is 1. The summed E-state index contributed by atoms with van der Waals surface area (Å²) in [5.74, 6) is 1.11. The van der Waals surface area contributed by atoms with Crippen LogP contribution < -0.4 is 14.8 Å². The van der Waals surface area contributed by atoms with Crippen molar-refractivity contribution in [2.24, 2.45) is 0 Å². The number of piperidine rings is 1. The average Bonchev–Trinajstić information content (AvgIpc) is 2.85. The van der Waals surface area contributed by atoms with Gasteiger partial charge in [0.05, 0.1) is 24.4 Å². The number of rotatable bonds is 7. The molecule has 2 atom stereocenters. The number of hydrogen-bond acceptors (Lipinski definition) is 8. The van der Waals surface area contributed by atoms with Crippen LogP contribution in [-0.4, -0.2) is 62.2 Å². The van der Waals surface area contributed by atoms with Gasteiger partial charge in [0.1, 0.15) is 11.9 Å². The van der Waals surface area contributed by atoms with Crippen LogP contribution >= 0.6 is 11.8 Å². The van der Waals surface area contributed by atoms with Crippen LogP contribution in [0.5, 0.6) is 17.4 Å². The molecule has 4 rings (SSSR count). The number of carbonyl (C=O) groups is 1. The summed E-state index contributed by atoms with van der Waals surface area (Å²) < 4.78 is 26.0. The molecule has 4 heterocycles. The van der Waals surface area contributed by atoms with Crippen LogP contribution in [0, 0.1) is 0 Å². The van der Waals surface area contributed by atoms with Crippen LogP contribution in [0.2, 0.25) is 0 Å². The van der Waals surface area contributed by atoms with Gasteiger partial charge in [-0.1, -0.05) is 0 Å². The van der Waals surface area contributed by atoms with Crippen molar-refractivity contribution in [3.8, 4) is 28.8 Å². The molecule has 1 N–H and O–H groups in total. The van der Waals surface area contributed by atoms with Crippen molar-refractivity contribution in [1.82, 2.24) is 29.7 Å². The predicted molar refractivity (Wildman–Crippen MR) is 119 cm³/mol. The van der Waals surface area contributed by atoms with E-state index in [-0.39, 0.29) is 18.5 Å². The Bertz CT molecular complexity index is 1100. The molecular formula is C22H22ClFN6O3. The van der Waals surface area contributed by atoms with E-state index in [1.807, 2.05) is 6.92 Å². The monoisotopic (exact) mass is 472 g/mol. The molecule has 1 aliphatic rings. The smallest absolute Gasteiger partial charge is 0.271 e. The minimum absolute atomic E-state index is 0.181. The molecule has 3 aromatic heterocycles. The van der Waals surface area contributed by atoms with Gasteiger partial charge in [-0.25, -0.2) is 23.8 Å². The maximum atomic E-state index is 13.6. The summed E-state index contributed by atoms with van der Waals surface area (Å²) in [7, 11) is 0. The van der Waals surface area contributed by atoms with Crippen LogP contribution in [0.15, 0.2) is 49.2 Å². The van der Waals surface area contributed by atoms with Crippen LogP contribution in [-0.2, 0) is 0 Å². The zero-order chi connectivity index (χ0) is 23.2. The highest BCUT2D eigenvalue weighted by Crippen LogP contribution is 2.30. The highest BCUT2D eigenvalue weighted by Gasteiger charge is 2.29. The minimum atomic E-state index is -1.05. The normalized spacial score (nSPS) is 17.9. The number of carbonyl (C=O) groups excluding carboxylic acids is 1. The van der Waals surface area contributed by atoms with Crippen LogP contribution in [0.4, 0.5) is 4.39 Å². The molecule has 0 unspecified atom stereocenters. The summed E-state index contributed by atoms with van der Waals surface area (Å²) in [4.78, 5) is 29.6. The SMILES string of the molecule is CCOc1cccnc1Oc1cncc(-c2ncc(C(=O)N(Cl)[C@@H]3CNC[C@@H](F)C3)cn2)c1. The van der Waals surface area contributed by atoms with Crippen LogP contribution in [0.1, 0.15) is 23.7 Å². The van der Waals surface area contributed by atoms with Gasteiger partial charge in [0, 0.05) is 61.6 Å². The van der Waals surface area contributed by atoms with Gasteiger partial charge in [-0.05, 0) is 25.1 Å². The fourth-order valence-corrected chi connectivity index (χ4v) is 3.59. The lowest BCUT2D eigenvalue weighted by atomic mass is 10.1. The van der Waals surface area contributed by atoms with E-state index in [0.717, 1.165) is 4.42 Å². The van der Waals surface area contributed by atoms with Gasteiger partial charge in [0.25, 0.3) is 11.8 Å². The molecule has 9 nitrogen and oxygen atoms in total. The number of amides is 1. The van der Waals surface area contributed by atoms with E-state index in [2.05, 4.69) is 25.3 Å². The molecule has 0 aliphatic carbocycles. The summed E-state index contributed by atoms with van der Waals surface area (Å²) in [6.07, 6.45) is 6.61. The molecule has 1 amide bonds. The van der Waals surface area contributed by atoms with E-state index in [1.54, 1.807) is 30.6 Å². The molecule has 0 aromatic carbocycles. The molecule has 0 radical (unpaired) electrons.